The molecule has 0 aliphatic heterocycles. The Bertz CT molecular complexity index is 314. The maximum Gasteiger partial charge on any atom is 0.264 e. The topological polar surface area (TPSA) is 63.6 Å². The number of hydrogen-bond donors (Lipinski definition) is 1. The molecule has 0 heterocycles. The van der Waals surface area contributed by atoms with Gasteiger partial charge in [0.2, 0.25) is 0 Å². The lowest BCUT2D eigenvalue weighted by atomic mass is 9.78. The van der Waals surface area contributed by atoms with E-state index in [1.807, 2.05) is 0 Å². The highest BCUT2D eigenvalue weighted by atomic mass is 32.2. The zero-order chi connectivity index (χ0) is 13.5. The van der Waals surface area contributed by atoms with Crippen LogP contribution >= 0.6 is 0 Å². The van der Waals surface area contributed by atoms with Gasteiger partial charge in [0.1, 0.15) is 0 Å². The second-order valence-corrected chi connectivity index (χ2v) is 7.24. The van der Waals surface area contributed by atoms with E-state index in [0.29, 0.717) is 0 Å². The highest BCUT2D eigenvalue weighted by molar-refractivity contribution is 7.85. The largest absolute Gasteiger partial charge is 0.396 e. The van der Waals surface area contributed by atoms with Gasteiger partial charge in [-0.25, -0.2) is 0 Å². The maximum atomic E-state index is 11.1. The molecule has 0 amide bonds. The molecule has 1 fully saturated rings. The Morgan fingerprint density at radius 2 is 1.44 bits per heavy atom. The molecule has 5 heteroatoms. The highest BCUT2D eigenvalue weighted by Gasteiger charge is 2.30. The van der Waals surface area contributed by atoms with Crippen LogP contribution in [-0.4, -0.2) is 33.0 Å². The van der Waals surface area contributed by atoms with Gasteiger partial charge in [-0.3, -0.25) is 4.18 Å². The van der Waals surface area contributed by atoms with Crippen molar-refractivity contribution in [1.29, 1.82) is 0 Å². The van der Waals surface area contributed by atoms with E-state index in [9.17, 15) is 13.5 Å². The molecule has 0 saturated heterocycles. The van der Waals surface area contributed by atoms with Gasteiger partial charge < -0.3 is 5.11 Å². The molecular formula is C13H26O4S. The minimum absolute atomic E-state index is 0.0164. The smallest absolute Gasteiger partial charge is 0.264 e. The van der Waals surface area contributed by atoms with Gasteiger partial charge in [-0.1, -0.05) is 44.9 Å². The van der Waals surface area contributed by atoms with Crippen molar-refractivity contribution in [1.82, 2.24) is 0 Å². The Labute approximate surface area is 111 Å². The fourth-order valence-corrected chi connectivity index (χ4v) is 3.05. The molecule has 1 aliphatic rings. The van der Waals surface area contributed by atoms with Crippen LogP contribution in [0.2, 0.25) is 0 Å². The van der Waals surface area contributed by atoms with Gasteiger partial charge in [-0.15, -0.1) is 0 Å². The second-order valence-electron chi connectivity index (χ2n) is 5.60. The molecule has 0 aromatic rings. The predicted molar refractivity (Wildman–Crippen MR) is 71.9 cm³/mol. The molecule has 0 aromatic heterocycles. The minimum Gasteiger partial charge on any atom is -0.396 e. The van der Waals surface area contributed by atoms with Crippen molar-refractivity contribution in [3.05, 3.63) is 0 Å². The van der Waals surface area contributed by atoms with Crippen molar-refractivity contribution in [3.8, 4) is 0 Å². The average molecular weight is 278 g/mol. The first-order chi connectivity index (χ1) is 8.47. The van der Waals surface area contributed by atoms with Crippen molar-refractivity contribution in [3.63, 3.8) is 0 Å². The van der Waals surface area contributed by atoms with Crippen LogP contribution in [0.5, 0.6) is 0 Å². The van der Waals surface area contributed by atoms with Crippen molar-refractivity contribution >= 4 is 10.1 Å². The summed E-state index contributed by atoms with van der Waals surface area (Å²) in [5, 5.41) is 9.64. The van der Waals surface area contributed by atoms with Crippen LogP contribution in [-0.2, 0) is 14.3 Å². The quantitative estimate of drug-likeness (QED) is 0.802. The number of rotatable bonds is 4. The first kappa shape index (κ1) is 15.9. The average Bonchev–Trinajstić information content (AvgIpc) is 2.33. The lowest BCUT2D eigenvalue weighted by Crippen LogP contribution is -2.32. The van der Waals surface area contributed by atoms with Gasteiger partial charge in [0.25, 0.3) is 10.1 Å². The second kappa shape index (κ2) is 7.46. The molecule has 0 radical (unpaired) electrons. The van der Waals surface area contributed by atoms with Crippen LogP contribution in [0.4, 0.5) is 0 Å². The summed E-state index contributed by atoms with van der Waals surface area (Å²) in [4.78, 5) is 0. The Morgan fingerprint density at radius 3 is 1.83 bits per heavy atom. The fraction of sp³-hybridized carbons (Fsp3) is 1.00. The molecule has 0 atom stereocenters. The summed E-state index contributed by atoms with van der Waals surface area (Å²) >= 11 is 0. The van der Waals surface area contributed by atoms with E-state index in [4.69, 9.17) is 4.18 Å². The molecule has 4 nitrogen and oxygen atoms in total. The van der Waals surface area contributed by atoms with Crippen molar-refractivity contribution in [2.24, 2.45) is 5.41 Å². The van der Waals surface area contributed by atoms with Crippen LogP contribution in [0.3, 0.4) is 0 Å². The van der Waals surface area contributed by atoms with Crippen LogP contribution in [0.25, 0.3) is 0 Å². The predicted octanol–water partition coefficient (Wildman–Crippen LogP) is 2.47. The maximum absolute atomic E-state index is 11.1. The first-order valence-electron chi connectivity index (χ1n) is 6.93. The van der Waals surface area contributed by atoms with Gasteiger partial charge in [0.15, 0.2) is 0 Å². The number of aliphatic hydroxyl groups excluding tert-OH is 1. The third kappa shape index (κ3) is 6.16. The van der Waals surface area contributed by atoms with Crippen LogP contribution in [0, 0.1) is 5.41 Å². The number of aliphatic hydroxyl groups is 1. The van der Waals surface area contributed by atoms with Crippen molar-refractivity contribution < 1.29 is 17.7 Å². The molecule has 18 heavy (non-hydrogen) atoms. The summed E-state index contributed by atoms with van der Waals surface area (Å²) in [6.07, 6.45) is 11.0. The van der Waals surface area contributed by atoms with Gasteiger partial charge >= 0.3 is 0 Å². The SMILES string of the molecule is CS(=O)(=O)OCC1(CO)CCCCCCCCC1. The molecule has 1 N–H and O–H groups in total. The third-order valence-corrected chi connectivity index (χ3v) is 4.37. The Balaban J connectivity index is 2.60. The first-order valence-corrected chi connectivity index (χ1v) is 8.74. The summed E-state index contributed by atoms with van der Waals surface area (Å²) < 4.78 is 27.2. The van der Waals surface area contributed by atoms with Gasteiger partial charge in [-0.2, -0.15) is 8.42 Å². The van der Waals surface area contributed by atoms with E-state index in [1.165, 1.54) is 32.1 Å². The Hall–Kier alpha value is -0.130. The molecule has 0 unspecified atom stereocenters. The summed E-state index contributed by atoms with van der Waals surface area (Å²) in [6, 6.07) is 0. The van der Waals surface area contributed by atoms with Gasteiger partial charge in [-0.05, 0) is 12.8 Å². The molecular weight excluding hydrogens is 252 g/mol. The van der Waals surface area contributed by atoms with Crippen molar-refractivity contribution in [2.75, 3.05) is 19.5 Å². The molecule has 1 saturated carbocycles. The monoisotopic (exact) mass is 278 g/mol. The van der Waals surface area contributed by atoms with E-state index >= 15 is 0 Å². The number of hydrogen-bond acceptors (Lipinski definition) is 4. The molecule has 108 valence electrons. The zero-order valence-corrected chi connectivity index (χ0v) is 12.2. The molecule has 1 rings (SSSR count). The minimum atomic E-state index is -3.42. The van der Waals surface area contributed by atoms with E-state index in [2.05, 4.69) is 0 Å². The van der Waals surface area contributed by atoms with Crippen LogP contribution < -0.4 is 0 Å². The Kier molecular flexibility index (Phi) is 6.60. The molecule has 1 aliphatic carbocycles. The summed E-state index contributed by atoms with van der Waals surface area (Å²) in [5.74, 6) is 0. The lowest BCUT2D eigenvalue weighted by Gasteiger charge is -2.32. The summed E-state index contributed by atoms with van der Waals surface area (Å²) in [6.45, 7) is 0.144. The van der Waals surface area contributed by atoms with E-state index in [0.717, 1.165) is 31.9 Å². The molecule has 0 bridgehead atoms. The van der Waals surface area contributed by atoms with Crippen LogP contribution in [0.15, 0.2) is 0 Å². The molecule has 0 aromatic carbocycles. The summed E-state index contributed by atoms with van der Waals surface area (Å²) in [5.41, 5.74) is -0.361. The lowest BCUT2D eigenvalue weighted by molar-refractivity contribution is 0.0477. The van der Waals surface area contributed by atoms with E-state index in [1.54, 1.807) is 0 Å². The molecule has 0 spiro atoms. The Morgan fingerprint density at radius 1 is 1.00 bits per heavy atom. The van der Waals surface area contributed by atoms with Gasteiger partial charge in [0.05, 0.1) is 19.5 Å². The van der Waals surface area contributed by atoms with Crippen LogP contribution in [0.1, 0.15) is 57.8 Å². The fourth-order valence-electron chi connectivity index (χ4n) is 2.59. The standard InChI is InChI=1S/C13H26O4S/c1-18(15,16)17-12-13(11-14)9-7-5-3-2-4-6-8-10-13/h14H,2-12H2,1H3. The van der Waals surface area contributed by atoms with Gasteiger partial charge in [0, 0.05) is 5.41 Å². The summed E-state index contributed by atoms with van der Waals surface area (Å²) in [7, 11) is -3.42. The van der Waals surface area contributed by atoms with E-state index < -0.39 is 10.1 Å². The zero-order valence-electron chi connectivity index (χ0n) is 11.4. The van der Waals surface area contributed by atoms with E-state index in [-0.39, 0.29) is 18.6 Å². The highest BCUT2D eigenvalue weighted by Crippen LogP contribution is 2.33. The van der Waals surface area contributed by atoms with Crippen molar-refractivity contribution in [2.45, 2.75) is 57.8 Å². The third-order valence-electron chi connectivity index (χ3n) is 3.83. The normalized spacial score (nSPS) is 22.6.